The number of hydrogen-bond donors (Lipinski definition) is 1. The van der Waals surface area contributed by atoms with Crippen LogP contribution in [-0.2, 0) is 9.47 Å². The van der Waals surface area contributed by atoms with Crippen molar-refractivity contribution in [1.82, 2.24) is 20.3 Å². The van der Waals surface area contributed by atoms with Crippen molar-refractivity contribution < 1.29 is 9.47 Å². The van der Waals surface area contributed by atoms with Crippen LogP contribution in [0.2, 0.25) is 0 Å². The lowest BCUT2D eigenvalue weighted by atomic mass is 10.0. The summed E-state index contributed by atoms with van der Waals surface area (Å²) in [6, 6.07) is 6.03. The van der Waals surface area contributed by atoms with Crippen LogP contribution in [0.25, 0.3) is 11.3 Å². The van der Waals surface area contributed by atoms with E-state index in [9.17, 15) is 0 Å². The largest absolute Gasteiger partial charge is 0.377 e. The first-order valence-corrected chi connectivity index (χ1v) is 9.10. The van der Waals surface area contributed by atoms with Crippen molar-refractivity contribution in [1.29, 1.82) is 0 Å². The van der Waals surface area contributed by atoms with E-state index in [0.29, 0.717) is 19.8 Å². The second-order valence-electron chi connectivity index (χ2n) is 7.01. The Morgan fingerprint density at radius 3 is 2.96 bits per heavy atom. The highest BCUT2D eigenvalue weighted by molar-refractivity contribution is 5.62. The Morgan fingerprint density at radius 1 is 1.15 bits per heavy atom. The molecule has 2 fully saturated rings. The Labute approximate surface area is 153 Å². The molecule has 1 atom stereocenters. The third-order valence-electron chi connectivity index (χ3n) is 4.91. The number of rotatable bonds is 2. The van der Waals surface area contributed by atoms with Crippen molar-refractivity contribution in [3.8, 4) is 11.3 Å². The second-order valence-corrected chi connectivity index (χ2v) is 7.01. The molecule has 0 bridgehead atoms. The summed E-state index contributed by atoms with van der Waals surface area (Å²) in [5, 5.41) is 3.40. The quantitative estimate of drug-likeness (QED) is 0.872. The molecular weight excluding hydrogens is 330 g/mol. The van der Waals surface area contributed by atoms with Crippen LogP contribution in [0.4, 0.5) is 5.95 Å². The average Bonchev–Trinajstić information content (AvgIpc) is 2.87. The molecule has 7 heteroatoms. The Bertz CT molecular complexity index is 774. The molecule has 4 rings (SSSR count). The summed E-state index contributed by atoms with van der Waals surface area (Å²) in [6.45, 7) is 9.10. The lowest BCUT2D eigenvalue weighted by Crippen LogP contribution is -2.58. The van der Waals surface area contributed by atoms with E-state index in [1.165, 1.54) is 0 Å². The number of nitrogens with zero attached hydrogens (tertiary/aromatic N) is 4. The molecule has 1 N–H and O–H groups in total. The van der Waals surface area contributed by atoms with E-state index in [-0.39, 0.29) is 5.60 Å². The maximum Gasteiger partial charge on any atom is 0.226 e. The highest BCUT2D eigenvalue weighted by Gasteiger charge is 2.38. The first-order chi connectivity index (χ1) is 12.7. The Hall–Kier alpha value is -2.09. The van der Waals surface area contributed by atoms with Gasteiger partial charge in [0.1, 0.15) is 5.60 Å². The molecule has 138 valence electrons. The number of pyridine rings is 1. The molecule has 2 aromatic heterocycles. The molecule has 0 saturated carbocycles. The maximum atomic E-state index is 6.09. The van der Waals surface area contributed by atoms with Crippen LogP contribution in [0.15, 0.2) is 24.4 Å². The topological polar surface area (TPSA) is 72.4 Å². The van der Waals surface area contributed by atoms with Crippen molar-refractivity contribution in [2.75, 3.05) is 50.9 Å². The molecule has 0 aliphatic carbocycles. The van der Waals surface area contributed by atoms with Gasteiger partial charge >= 0.3 is 0 Å². The van der Waals surface area contributed by atoms with Crippen LogP contribution in [-0.4, -0.2) is 66.6 Å². The van der Waals surface area contributed by atoms with E-state index in [4.69, 9.17) is 14.5 Å². The standard InChI is InChI=1S/C19H25N5O2/c1-14-3-4-16(15(2)22-14)17-5-6-21-18(23-17)24-8-10-26-19(12-24)11-20-7-9-25-13-19/h3-6,20H,7-13H2,1-2H3/t19-/m1/s1. The van der Waals surface area contributed by atoms with Gasteiger partial charge in [0.25, 0.3) is 0 Å². The van der Waals surface area contributed by atoms with Gasteiger partial charge in [-0.2, -0.15) is 0 Å². The van der Waals surface area contributed by atoms with E-state index in [0.717, 1.165) is 54.8 Å². The minimum atomic E-state index is -0.338. The van der Waals surface area contributed by atoms with E-state index in [1.54, 1.807) is 0 Å². The third-order valence-corrected chi connectivity index (χ3v) is 4.91. The van der Waals surface area contributed by atoms with Crippen molar-refractivity contribution in [3.05, 3.63) is 35.8 Å². The van der Waals surface area contributed by atoms with Crippen LogP contribution in [0, 0.1) is 13.8 Å². The predicted octanol–water partition coefficient (Wildman–Crippen LogP) is 1.35. The third kappa shape index (κ3) is 3.56. The molecular formula is C19H25N5O2. The molecule has 2 aliphatic rings. The molecule has 0 aromatic carbocycles. The average molecular weight is 355 g/mol. The van der Waals surface area contributed by atoms with Gasteiger partial charge in [0.2, 0.25) is 5.95 Å². The number of aryl methyl sites for hydroxylation is 2. The predicted molar refractivity (Wildman–Crippen MR) is 99.3 cm³/mol. The number of hydrogen-bond acceptors (Lipinski definition) is 7. The van der Waals surface area contributed by atoms with Gasteiger partial charge in [0.05, 0.1) is 32.1 Å². The molecule has 2 aliphatic heterocycles. The van der Waals surface area contributed by atoms with Crippen LogP contribution in [0.1, 0.15) is 11.4 Å². The first-order valence-electron chi connectivity index (χ1n) is 9.10. The van der Waals surface area contributed by atoms with Gasteiger partial charge in [0.15, 0.2) is 0 Å². The molecule has 2 saturated heterocycles. The van der Waals surface area contributed by atoms with Crippen molar-refractivity contribution in [2.24, 2.45) is 0 Å². The highest BCUT2D eigenvalue weighted by Crippen LogP contribution is 2.25. The van der Waals surface area contributed by atoms with Crippen LogP contribution >= 0.6 is 0 Å². The summed E-state index contributed by atoms with van der Waals surface area (Å²) in [5.74, 6) is 0.731. The zero-order chi connectivity index (χ0) is 18.0. The van der Waals surface area contributed by atoms with Crippen molar-refractivity contribution in [3.63, 3.8) is 0 Å². The zero-order valence-corrected chi connectivity index (χ0v) is 15.4. The molecule has 0 unspecified atom stereocenters. The summed E-state index contributed by atoms with van der Waals surface area (Å²) in [6.07, 6.45) is 1.82. The fourth-order valence-electron chi connectivity index (χ4n) is 3.59. The Morgan fingerprint density at radius 2 is 2.08 bits per heavy atom. The van der Waals surface area contributed by atoms with Gasteiger partial charge in [0, 0.05) is 42.8 Å². The number of nitrogens with one attached hydrogen (secondary N) is 1. The van der Waals surface area contributed by atoms with E-state index in [1.807, 2.05) is 32.2 Å². The van der Waals surface area contributed by atoms with Gasteiger partial charge in [-0.15, -0.1) is 0 Å². The molecule has 1 spiro atoms. The van der Waals surface area contributed by atoms with Crippen LogP contribution in [0.5, 0.6) is 0 Å². The van der Waals surface area contributed by atoms with E-state index in [2.05, 4.69) is 26.3 Å². The maximum absolute atomic E-state index is 6.09. The van der Waals surface area contributed by atoms with Crippen molar-refractivity contribution >= 4 is 5.95 Å². The van der Waals surface area contributed by atoms with Gasteiger partial charge in [-0.3, -0.25) is 4.98 Å². The van der Waals surface area contributed by atoms with Crippen LogP contribution < -0.4 is 10.2 Å². The monoisotopic (exact) mass is 355 g/mol. The fraction of sp³-hybridized carbons (Fsp3) is 0.526. The molecule has 2 aromatic rings. The Kier molecular flexibility index (Phi) is 4.84. The molecule has 4 heterocycles. The van der Waals surface area contributed by atoms with Gasteiger partial charge in [-0.1, -0.05) is 0 Å². The second kappa shape index (κ2) is 7.26. The van der Waals surface area contributed by atoms with E-state index < -0.39 is 0 Å². The summed E-state index contributed by atoms with van der Waals surface area (Å²) in [7, 11) is 0. The van der Waals surface area contributed by atoms with Gasteiger partial charge in [-0.25, -0.2) is 9.97 Å². The minimum Gasteiger partial charge on any atom is -0.377 e. The van der Waals surface area contributed by atoms with E-state index >= 15 is 0 Å². The minimum absolute atomic E-state index is 0.338. The first kappa shape index (κ1) is 17.3. The van der Waals surface area contributed by atoms with Gasteiger partial charge < -0.3 is 19.7 Å². The fourth-order valence-corrected chi connectivity index (χ4v) is 3.59. The molecule has 0 radical (unpaired) electrons. The lowest BCUT2D eigenvalue weighted by Gasteiger charge is -2.41. The molecule has 26 heavy (non-hydrogen) atoms. The number of anilines is 1. The summed E-state index contributed by atoms with van der Waals surface area (Å²) in [5.41, 5.74) is 3.60. The zero-order valence-electron chi connectivity index (χ0n) is 15.4. The van der Waals surface area contributed by atoms with Crippen molar-refractivity contribution in [2.45, 2.75) is 19.4 Å². The Balaban J connectivity index is 1.59. The number of morpholine rings is 1. The normalized spacial score (nSPS) is 23.8. The van der Waals surface area contributed by atoms with Gasteiger partial charge in [-0.05, 0) is 32.0 Å². The molecule has 0 amide bonds. The summed E-state index contributed by atoms with van der Waals surface area (Å²) < 4.78 is 11.8. The summed E-state index contributed by atoms with van der Waals surface area (Å²) in [4.78, 5) is 16.1. The highest BCUT2D eigenvalue weighted by atomic mass is 16.5. The summed E-state index contributed by atoms with van der Waals surface area (Å²) >= 11 is 0. The number of ether oxygens (including phenoxy) is 2. The van der Waals surface area contributed by atoms with Crippen LogP contribution in [0.3, 0.4) is 0 Å². The lowest BCUT2D eigenvalue weighted by molar-refractivity contribution is -0.0915. The number of aromatic nitrogens is 3. The smallest absolute Gasteiger partial charge is 0.226 e. The molecule has 7 nitrogen and oxygen atoms in total. The SMILES string of the molecule is Cc1ccc(-c2ccnc(N3CCO[C@]4(CNCCOC4)C3)n2)c(C)n1.